The molecule has 0 saturated carbocycles. The van der Waals surface area contributed by atoms with Crippen LogP contribution in [-0.4, -0.2) is 31.8 Å². The summed E-state index contributed by atoms with van der Waals surface area (Å²) in [5, 5.41) is 5.17. The number of ether oxygens (including phenoxy) is 1. The number of aromatic amines is 1. The van der Waals surface area contributed by atoms with E-state index in [1.54, 1.807) is 18.1 Å². The second-order valence-electron chi connectivity index (χ2n) is 4.88. The number of benzene rings is 1. The van der Waals surface area contributed by atoms with Gasteiger partial charge in [-0.15, -0.1) is 0 Å². The lowest BCUT2D eigenvalue weighted by Crippen LogP contribution is -1.97. The maximum absolute atomic E-state index is 5.25. The Hall–Kier alpha value is -3.15. The Bertz CT molecular complexity index is 910. The number of rotatable bonds is 3. The van der Waals surface area contributed by atoms with E-state index in [0.717, 1.165) is 33.7 Å². The zero-order valence-electron chi connectivity index (χ0n) is 11.9. The van der Waals surface area contributed by atoms with Crippen molar-refractivity contribution < 1.29 is 4.74 Å². The van der Waals surface area contributed by atoms with Crippen molar-refractivity contribution >= 4 is 10.9 Å². The van der Waals surface area contributed by atoms with Gasteiger partial charge in [0.05, 0.1) is 7.11 Å². The second-order valence-corrected chi connectivity index (χ2v) is 4.88. The summed E-state index contributed by atoms with van der Waals surface area (Å²) in [6.07, 6.45) is 4.93. The zero-order valence-corrected chi connectivity index (χ0v) is 11.9. The molecule has 22 heavy (non-hydrogen) atoms. The molecule has 6 nitrogen and oxygen atoms in total. The van der Waals surface area contributed by atoms with Crippen LogP contribution in [0.4, 0.5) is 0 Å². The van der Waals surface area contributed by atoms with Gasteiger partial charge in [-0.3, -0.25) is 0 Å². The Morgan fingerprint density at radius 3 is 2.82 bits per heavy atom. The number of aromatic nitrogens is 5. The molecule has 1 N–H and O–H groups in total. The Balaban J connectivity index is 1.72. The van der Waals surface area contributed by atoms with Crippen LogP contribution >= 0.6 is 0 Å². The van der Waals surface area contributed by atoms with E-state index in [1.165, 1.54) is 6.33 Å². The number of methoxy groups -OCH3 is 1. The standard InChI is InChI=1S/C16H13N5O/c1-22-13-3-4-14-12(6-13)7-15(20-14)11-2-5-16(18-8-11)21-10-17-9-19-21/h2-10,20H,1H3. The highest BCUT2D eigenvalue weighted by Crippen LogP contribution is 2.26. The SMILES string of the molecule is COc1ccc2[nH]c(-c3ccc(-n4cncn4)nc3)cc2c1. The summed E-state index contributed by atoms with van der Waals surface area (Å²) in [6.45, 7) is 0. The highest BCUT2D eigenvalue weighted by molar-refractivity contribution is 5.86. The minimum Gasteiger partial charge on any atom is -0.497 e. The number of hydrogen-bond acceptors (Lipinski definition) is 4. The first kappa shape index (κ1) is 12.6. The molecule has 0 saturated heterocycles. The van der Waals surface area contributed by atoms with Crippen molar-refractivity contribution in [2.24, 2.45) is 0 Å². The molecule has 3 heterocycles. The van der Waals surface area contributed by atoms with Gasteiger partial charge in [0.1, 0.15) is 18.4 Å². The maximum atomic E-state index is 5.25. The van der Waals surface area contributed by atoms with E-state index < -0.39 is 0 Å². The smallest absolute Gasteiger partial charge is 0.155 e. The molecule has 0 aliphatic rings. The average Bonchev–Trinajstić information content (AvgIpc) is 3.23. The van der Waals surface area contributed by atoms with Gasteiger partial charge in [0.15, 0.2) is 5.82 Å². The van der Waals surface area contributed by atoms with Crippen LogP contribution in [0, 0.1) is 0 Å². The molecule has 0 spiro atoms. The van der Waals surface area contributed by atoms with E-state index in [9.17, 15) is 0 Å². The maximum Gasteiger partial charge on any atom is 0.155 e. The highest BCUT2D eigenvalue weighted by atomic mass is 16.5. The van der Waals surface area contributed by atoms with Crippen LogP contribution < -0.4 is 4.74 Å². The summed E-state index contributed by atoms with van der Waals surface area (Å²) in [6, 6.07) is 12.0. The van der Waals surface area contributed by atoms with Crippen molar-refractivity contribution in [3.63, 3.8) is 0 Å². The van der Waals surface area contributed by atoms with Gasteiger partial charge in [0.2, 0.25) is 0 Å². The Morgan fingerprint density at radius 2 is 2.09 bits per heavy atom. The van der Waals surface area contributed by atoms with Gasteiger partial charge in [0.25, 0.3) is 0 Å². The third kappa shape index (κ3) is 2.10. The number of hydrogen-bond donors (Lipinski definition) is 1. The molecular weight excluding hydrogens is 278 g/mol. The quantitative estimate of drug-likeness (QED) is 0.630. The van der Waals surface area contributed by atoms with Crippen molar-refractivity contribution in [3.05, 3.63) is 55.2 Å². The number of fused-ring (bicyclic) bond motifs is 1. The molecule has 0 aliphatic carbocycles. The first-order valence-electron chi connectivity index (χ1n) is 6.82. The fourth-order valence-corrected chi connectivity index (χ4v) is 2.40. The molecule has 0 unspecified atom stereocenters. The molecular formula is C16H13N5O. The van der Waals surface area contributed by atoms with E-state index in [2.05, 4.69) is 26.1 Å². The molecule has 0 aliphatic heterocycles. The summed E-state index contributed by atoms with van der Waals surface area (Å²) in [5.74, 6) is 1.58. The number of pyridine rings is 1. The molecule has 4 aromatic rings. The lowest BCUT2D eigenvalue weighted by molar-refractivity contribution is 0.415. The molecule has 0 radical (unpaired) electrons. The highest BCUT2D eigenvalue weighted by Gasteiger charge is 2.06. The van der Waals surface area contributed by atoms with Crippen molar-refractivity contribution in [1.29, 1.82) is 0 Å². The van der Waals surface area contributed by atoms with Crippen molar-refractivity contribution in [1.82, 2.24) is 24.7 Å². The van der Waals surface area contributed by atoms with Gasteiger partial charge in [-0.2, -0.15) is 5.10 Å². The van der Waals surface area contributed by atoms with Crippen molar-refractivity contribution in [2.75, 3.05) is 7.11 Å². The number of nitrogens with zero attached hydrogens (tertiary/aromatic N) is 4. The minimum atomic E-state index is 0.735. The van der Waals surface area contributed by atoms with Crippen LogP contribution in [0.1, 0.15) is 0 Å². The minimum absolute atomic E-state index is 0.735. The van der Waals surface area contributed by atoms with E-state index >= 15 is 0 Å². The predicted molar refractivity (Wildman–Crippen MR) is 83.0 cm³/mol. The first-order chi connectivity index (χ1) is 10.8. The van der Waals surface area contributed by atoms with E-state index in [4.69, 9.17) is 4.74 Å². The van der Waals surface area contributed by atoms with E-state index in [-0.39, 0.29) is 0 Å². The van der Waals surface area contributed by atoms with Gasteiger partial charge in [0, 0.05) is 28.4 Å². The fraction of sp³-hybridized carbons (Fsp3) is 0.0625. The van der Waals surface area contributed by atoms with E-state index in [0.29, 0.717) is 0 Å². The van der Waals surface area contributed by atoms with Gasteiger partial charge >= 0.3 is 0 Å². The monoisotopic (exact) mass is 291 g/mol. The molecule has 0 fully saturated rings. The zero-order chi connectivity index (χ0) is 14.9. The number of H-pyrrole nitrogens is 1. The van der Waals surface area contributed by atoms with Crippen LogP contribution in [0.25, 0.3) is 28.0 Å². The topological polar surface area (TPSA) is 68.6 Å². The molecule has 108 valence electrons. The van der Waals surface area contributed by atoms with Crippen molar-refractivity contribution in [3.8, 4) is 22.8 Å². The third-order valence-corrected chi connectivity index (χ3v) is 3.54. The summed E-state index contributed by atoms with van der Waals surface area (Å²) < 4.78 is 6.88. The molecule has 3 aromatic heterocycles. The van der Waals surface area contributed by atoms with Gasteiger partial charge in [-0.25, -0.2) is 14.6 Å². The molecule has 6 heteroatoms. The molecule has 0 amide bonds. The fourth-order valence-electron chi connectivity index (χ4n) is 2.40. The van der Waals surface area contributed by atoms with Crippen LogP contribution in [0.3, 0.4) is 0 Å². The summed E-state index contributed by atoms with van der Waals surface area (Å²) >= 11 is 0. The second kappa shape index (κ2) is 5.00. The van der Waals surface area contributed by atoms with Gasteiger partial charge in [-0.05, 0) is 36.4 Å². The van der Waals surface area contributed by atoms with Gasteiger partial charge < -0.3 is 9.72 Å². The van der Waals surface area contributed by atoms with Crippen LogP contribution in [-0.2, 0) is 0 Å². The third-order valence-electron chi connectivity index (χ3n) is 3.54. The Labute approximate surface area is 126 Å². The normalized spacial score (nSPS) is 11.0. The molecule has 0 bridgehead atoms. The Kier molecular flexibility index (Phi) is 2.86. The molecule has 1 aromatic carbocycles. The predicted octanol–water partition coefficient (Wildman–Crippen LogP) is 2.82. The lowest BCUT2D eigenvalue weighted by Gasteiger charge is -2.01. The van der Waals surface area contributed by atoms with Crippen molar-refractivity contribution in [2.45, 2.75) is 0 Å². The van der Waals surface area contributed by atoms with Crippen LogP contribution in [0.15, 0.2) is 55.2 Å². The van der Waals surface area contributed by atoms with Crippen LogP contribution in [0.2, 0.25) is 0 Å². The summed E-state index contributed by atoms with van der Waals surface area (Å²) in [5.41, 5.74) is 3.09. The van der Waals surface area contributed by atoms with Crippen LogP contribution in [0.5, 0.6) is 5.75 Å². The van der Waals surface area contributed by atoms with E-state index in [1.807, 2.05) is 36.5 Å². The number of nitrogens with one attached hydrogen (secondary N) is 1. The largest absolute Gasteiger partial charge is 0.497 e. The lowest BCUT2D eigenvalue weighted by atomic mass is 10.2. The summed E-state index contributed by atoms with van der Waals surface area (Å²) in [4.78, 5) is 11.7. The summed E-state index contributed by atoms with van der Waals surface area (Å²) in [7, 11) is 1.67. The molecule has 0 atom stereocenters. The molecule has 4 rings (SSSR count). The Morgan fingerprint density at radius 1 is 1.14 bits per heavy atom. The van der Waals surface area contributed by atoms with Gasteiger partial charge in [-0.1, -0.05) is 0 Å². The first-order valence-corrected chi connectivity index (χ1v) is 6.82. The average molecular weight is 291 g/mol.